The van der Waals surface area contributed by atoms with Gasteiger partial charge in [0.1, 0.15) is 5.75 Å². The summed E-state index contributed by atoms with van der Waals surface area (Å²) >= 11 is 12.0. The first-order chi connectivity index (χ1) is 14.3. The zero-order chi connectivity index (χ0) is 23.9. The van der Waals surface area contributed by atoms with Crippen molar-refractivity contribution >= 4 is 35.1 Å². The monoisotopic (exact) mass is 490 g/mol. The number of hydrogen-bond acceptors (Lipinski definition) is 6. The number of carboxylic acids is 1. The summed E-state index contributed by atoms with van der Waals surface area (Å²) in [6.45, 7) is 0.400. The lowest BCUT2D eigenvalue weighted by Crippen LogP contribution is -2.46. The highest BCUT2D eigenvalue weighted by atomic mass is 35.5. The lowest BCUT2D eigenvalue weighted by atomic mass is 9.85. The topological polar surface area (TPSA) is 130 Å². The number of carbonyl (C=O) groups is 2. The molecule has 1 aromatic carbocycles. The van der Waals surface area contributed by atoms with E-state index in [9.17, 15) is 28.2 Å². The smallest absolute Gasteiger partial charge is 0.490 e. The Kier molecular flexibility index (Phi) is 10.3. The quantitative estimate of drug-likeness (QED) is 0.427. The Morgan fingerprint density at radius 1 is 1.23 bits per heavy atom. The SMILES string of the molecule is CNC(c1cc(Cl)c(Cl)cc1O)C1CCN(C(=O)[C@H](O)CO)CC1.O=C(O)C(F)(F)F. The minimum absolute atomic E-state index is 0.0814. The van der Waals surface area contributed by atoms with Gasteiger partial charge in [-0.05, 0) is 31.9 Å². The van der Waals surface area contributed by atoms with Gasteiger partial charge in [0.15, 0.2) is 6.10 Å². The third-order valence-electron chi connectivity index (χ3n) is 4.74. The van der Waals surface area contributed by atoms with E-state index in [4.69, 9.17) is 38.2 Å². The highest BCUT2D eigenvalue weighted by Gasteiger charge is 2.38. The normalized spacial score (nSPS) is 16.8. The highest BCUT2D eigenvalue weighted by molar-refractivity contribution is 6.42. The van der Waals surface area contributed by atoms with Gasteiger partial charge in [-0.2, -0.15) is 13.2 Å². The van der Waals surface area contributed by atoms with Gasteiger partial charge < -0.3 is 30.6 Å². The van der Waals surface area contributed by atoms with Crippen LogP contribution in [0.25, 0.3) is 0 Å². The predicted molar refractivity (Wildman–Crippen MR) is 106 cm³/mol. The number of phenols is 1. The first kappa shape index (κ1) is 27.2. The van der Waals surface area contributed by atoms with Crippen molar-refractivity contribution in [3.8, 4) is 5.75 Å². The molecule has 0 bridgehead atoms. The van der Waals surface area contributed by atoms with E-state index < -0.39 is 30.8 Å². The number of aliphatic hydroxyl groups is 2. The highest BCUT2D eigenvalue weighted by Crippen LogP contribution is 2.38. The van der Waals surface area contributed by atoms with Crippen LogP contribution in [0.4, 0.5) is 13.2 Å². The van der Waals surface area contributed by atoms with Crippen LogP contribution in [0.15, 0.2) is 12.1 Å². The fourth-order valence-corrected chi connectivity index (χ4v) is 3.52. The molecule has 1 amide bonds. The number of hydrogen-bond donors (Lipinski definition) is 5. The molecule has 1 aliphatic rings. The van der Waals surface area contributed by atoms with Crippen LogP contribution in [0.2, 0.25) is 10.0 Å². The van der Waals surface area contributed by atoms with Crippen LogP contribution in [0.1, 0.15) is 24.4 Å². The molecule has 1 unspecified atom stereocenters. The van der Waals surface area contributed by atoms with Crippen molar-refractivity contribution in [3.05, 3.63) is 27.7 Å². The molecular formula is C18H23Cl2F3N2O6. The van der Waals surface area contributed by atoms with E-state index in [1.807, 2.05) is 0 Å². The third-order valence-corrected chi connectivity index (χ3v) is 5.46. The third kappa shape index (κ3) is 7.69. The number of nitrogens with zero attached hydrogens (tertiary/aromatic N) is 1. The van der Waals surface area contributed by atoms with Gasteiger partial charge in [-0.3, -0.25) is 4.79 Å². The Labute approximate surface area is 186 Å². The van der Waals surface area contributed by atoms with Crippen molar-refractivity contribution in [3.63, 3.8) is 0 Å². The fraction of sp³-hybridized carbons (Fsp3) is 0.556. The molecule has 176 valence electrons. The molecule has 13 heteroatoms. The number of aliphatic carboxylic acids is 1. The number of amides is 1. The molecule has 1 aromatic rings. The molecule has 2 rings (SSSR count). The predicted octanol–water partition coefficient (Wildman–Crippen LogP) is 2.18. The van der Waals surface area contributed by atoms with Crippen molar-refractivity contribution in [2.45, 2.75) is 31.2 Å². The van der Waals surface area contributed by atoms with Crippen molar-refractivity contribution in [1.29, 1.82) is 0 Å². The van der Waals surface area contributed by atoms with Gasteiger partial charge in [0.25, 0.3) is 5.91 Å². The molecule has 8 nitrogen and oxygen atoms in total. The van der Waals surface area contributed by atoms with Crippen LogP contribution in [-0.2, 0) is 9.59 Å². The molecule has 0 radical (unpaired) electrons. The number of benzene rings is 1. The van der Waals surface area contributed by atoms with E-state index in [-0.39, 0.29) is 17.7 Å². The van der Waals surface area contributed by atoms with E-state index in [1.54, 1.807) is 18.0 Å². The second kappa shape index (κ2) is 11.7. The van der Waals surface area contributed by atoms with Gasteiger partial charge in [0, 0.05) is 30.8 Å². The number of alkyl halides is 3. The maximum atomic E-state index is 11.9. The number of halogens is 5. The largest absolute Gasteiger partial charge is 0.508 e. The molecule has 2 atom stereocenters. The second-order valence-corrected chi connectivity index (χ2v) is 7.57. The number of carbonyl (C=O) groups excluding carboxylic acids is 1. The molecule has 31 heavy (non-hydrogen) atoms. The van der Waals surface area contributed by atoms with Gasteiger partial charge in [-0.15, -0.1) is 0 Å². The van der Waals surface area contributed by atoms with E-state index in [0.29, 0.717) is 41.5 Å². The van der Waals surface area contributed by atoms with Crippen LogP contribution in [0, 0.1) is 5.92 Å². The summed E-state index contributed by atoms with van der Waals surface area (Å²) in [4.78, 5) is 22.4. The van der Waals surface area contributed by atoms with Gasteiger partial charge in [0.2, 0.25) is 0 Å². The molecule has 1 fully saturated rings. The molecule has 0 saturated carbocycles. The number of likely N-dealkylation sites (tertiary alicyclic amines) is 1. The molecule has 1 saturated heterocycles. The van der Waals surface area contributed by atoms with Gasteiger partial charge in [-0.25, -0.2) is 4.79 Å². The summed E-state index contributed by atoms with van der Waals surface area (Å²) in [5.41, 5.74) is 0.673. The zero-order valence-corrected chi connectivity index (χ0v) is 17.9. The van der Waals surface area contributed by atoms with E-state index >= 15 is 0 Å². The van der Waals surface area contributed by atoms with Crippen molar-refractivity contribution in [2.24, 2.45) is 5.92 Å². The Morgan fingerprint density at radius 2 is 1.71 bits per heavy atom. The summed E-state index contributed by atoms with van der Waals surface area (Å²) in [6, 6.07) is 2.97. The lowest BCUT2D eigenvalue weighted by molar-refractivity contribution is -0.192. The summed E-state index contributed by atoms with van der Waals surface area (Å²) in [6.07, 6.45) is -5.04. The lowest BCUT2D eigenvalue weighted by Gasteiger charge is -2.37. The number of carboxylic acid groups (broad SMARTS) is 1. The van der Waals surface area contributed by atoms with E-state index in [1.165, 1.54) is 6.07 Å². The standard InChI is InChI=1S/C16H22Cl2N2O4.C2HF3O2/c1-19-15(10-6-11(17)12(18)7-13(10)22)9-2-4-20(5-3-9)16(24)14(23)8-21;3-2(4,5)1(6)7/h6-7,9,14-15,19,21-23H,2-5,8H2,1H3;(H,6,7)/t14-,15?;/m1./s1. The van der Waals surface area contributed by atoms with Crippen LogP contribution in [0.5, 0.6) is 5.75 Å². The average Bonchev–Trinajstić information content (AvgIpc) is 2.71. The Bertz CT molecular complexity index is 773. The number of phenolic OH excluding ortho intramolecular Hbond substituents is 1. The maximum absolute atomic E-state index is 11.9. The molecule has 1 heterocycles. The Morgan fingerprint density at radius 3 is 2.13 bits per heavy atom. The van der Waals surface area contributed by atoms with Gasteiger partial charge in [-0.1, -0.05) is 23.2 Å². The molecule has 5 N–H and O–H groups in total. The number of aliphatic hydroxyl groups excluding tert-OH is 2. The summed E-state index contributed by atoms with van der Waals surface area (Å²) in [5.74, 6) is -2.94. The average molecular weight is 491 g/mol. The molecule has 0 aromatic heterocycles. The van der Waals surface area contributed by atoms with Gasteiger partial charge >= 0.3 is 12.1 Å². The number of rotatable bonds is 5. The summed E-state index contributed by atoms with van der Waals surface area (Å²) < 4.78 is 31.7. The Hall–Kier alpha value is -1.79. The van der Waals surface area contributed by atoms with Crippen LogP contribution in [0.3, 0.4) is 0 Å². The van der Waals surface area contributed by atoms with Crippen molar-refractivity contribution < 1.29 is 43.2 Å². The van der Waals surface area contributed by atoms with Crippen molar-refractivity contribution in [2.75, 3.05) is 26.7 Å². The molecule has 1 aliphatic heterocycles. The van der Waals surface area contributed by atoms with Gasteiger partial charge in [0.05, 0.1) is 16.7 Å². The number of aromatic hydroxyl groups is 1. The molecule has 0 spiro atoms. The zero-order valence-electron chi connectivity index (χ0n) is 16.4. The van der Waals surface area contributed by atoms with E-state index in [0.717, 1.165) is 0 Å². The minimum atomic E-state index is -5.08. The first-order valence-corrected chi connectivity index (χ1v) is 9.82. The second-order valence-electron chi connectivity index (χ2n) is 6.76. The summed E-state index contributed by atoms with van der Waals surface area (Å²) in [7, 11) is 1.81. The van der Waals surface area contributed by atoms with Crippen LogP contribution in [-0.4, -0.2) is 76.2 Å². The number of nitrogens with one attached hydrogen (secondary N) is 1. The summed E-state index contributed by atoms with van der Waals surface area (Å²) in [5, 5.41) is 39.5. The first-order valence-electron chi connectivity index (χ1n) is 9.06. The maximum Gasteiger partial charge on any atom is 0.490 e. The fourth-order valence-electron chi connectivity index (χ4n) is 3.19. The van der Waals surface area contributed by atoms with Crippen LogP contribution < -0.4 is 5.32 Å². The number of piperidine rings is 1. The minimum Gasteiger partial charge on any atom is -0.508 e. The molecule has 0 aliphatic carbocycles. The van der Waals surface area contributed by atoms with Crippen LogP contribution >= 0.6 is 23.2 Å². The molecular weight excluding hydrogens is 468 g/mol. The van der Waals surface area contributed by atoms with Crippen molar-refractivity contribution in [1.82, 2.24) is 10.2 Å². The Balaban J connectivity index is 0.000000592. The van der Waals surface area contributed by atoms with E-state index in [2.05, 4.69) is 5.32 Å².